The second-order valence-corrected chi connectivity index (χ2v) is 8.10. The standard InChI is InChI=1S/C24H21N3/c1-16-15-24(16,2)17-9-3-5-11-19(17)26-21-13-7-8-14-22(21)27-20-12-6-4-10-18(20)25-23(26)27/h3-14,16H,15H2,1-2H3. The lowest BCUT2D eigenvalue weighted by atomic mass is 9.94. The maximum atomic E-state index is 5.02. The van der Waals surface area contributed by atoms with Gasteiger partial charge in [-0.3, -0.25) is 8.97 Å². The van der Waals surface area contributed by atoms with Crippen molar-refractivity contribution in [1.29, 1.82) is 0 Å². The number of rotatable bonds is 2. The van der Waals surface area contributed by atoms with Crippen molar-refractivity contribution in [1.82, 2.24) is 14.0 Å². The highest BCUT2D eigenvalue weighted by molar-refractivity contribution is 5.92. The molecule has 3 heteroatoms. The first kappa shape index (κ1) is 15.0. The van der Waals surface area contributed by atoms with Crippen molar-refractivity contribution >= 4 is 27.8 Å². The highest BCUT2D eigenvalue weighted by Crippen LogP contribution is 2.55. The topological polar surface area (TPSA) is 22.2 Å². The Morgan fingerprint density at radius 1 is 0.852 bits per heavy atom. The van der Waals surface area contributed by atoms with Crippen LogP contribution in [0.5, 0.6) is 0 Å². The van der Waals surface area contributed by atoms with E-state index in [-0.39, 0.29) is 5.41 Å². The van der Waals surface area contributed by atoms with Crippen molar-refractivity contribution in [3.63, 3.8) is 0 Å². The van der Waals surface area contributed by atoms with Crippen LogP contribution in [-0.2, 0) is 5.41 Å². The lowest BCUT2D eigenvalue weighted by Gasteiger charge is -2.17. The van der Waals surface area contributed by atoms with Crippen LogP contribution >= 0.6 is 0 Å². The third kappa shape index (κ3) is 1.89. The predicted octanol–water partition coefficient (Wildman–Crippen LogP) is 5.73. The van der Waals surface area contributed by atoms with Crippen LogP contribution in [0.3, 0.4) is 0 Å². The molecular formula is C24H21N3. The van der Waals surface area contributed by atoms with Crippen LogP contribution in [0.25, 0.3) is 33.5 Å². The van der Waals surface area contributed by atoms with Gasteiger partial charge in [-0.15, -0.1) is 0 Å². The minimum atomic E-state index is 0.255. The molecular weight excluding hydrogens is 330 g/mol. The van der Waals surface area contributed by atoms with Crippen LogP contribution in [0.1, 0.15) is 25.8 Å². The Balaban J connectivity index is 1.79. The lowest BCUT2D eigenvalue weighted by molar-refractivity contribution is 0.697. The first-order chi connectivity index (χ1) is 13.2. The van der Waals surface area contributed by atoms with Crippen molar-refractivity contribution in [2.24, 2.45) is 5.92 Å². The second-order valence-electron chi connectivity index (χ2n) is 8.10. The summed E-state index contributed by atoms with van der Waals surface area (Å²) >= 11 is 0. The summed E-state index contributed by atoms with van der Waals surface area (Å²) in [5.41, 5.74) is 7.53. The van der Waals surface area contributed by atoms with E-state index < -0.39 is 0 Å². The molecule has 0 N–H and O–H groups in total. The second kappa shape index (κ2) is 5.01. The molecule has 6 rings (SSSR count). The molecule has 0 spiro atoms. The summed E-state index contributed by atoms with van der Waals surface area (Å²) in [7, 11) is 0. The lowest BCUT2D eigenvalue weighted by Crippen LogP contribution is -2.09. The van der Waals surface area contributed by atoms with E-state index in [9.17, 15) is 0 Å². The molecule has 3 nitrogen and oxygen atoms in total. The number of hydrogen-bond acceptors (Lipinski definition) is 1. The van der Waals surface area contributed by atoms with Gasteiger partial charge in [0, 0.05) is 0 Å². The smallest absolute Gasteiger partial charge is 0.220 e. The Morgan fingerprint density at radius 2 is 1.48 bits per heavy atom. The van der Waals surface area contributed by atoms with Crippen LogP contribution in [-0.4, -0.2) is 14.0 Å². The number of fused-ring (bicyclic) bond motifs is 5. The van der Waals surface area contributed by atoms with Gasteiger partial charge in [0.2, 0.25) is 5.78 Å². The normalized spacial score (nSPS) is 22.1. The fourth-order valence-corrected chi connectivity index (χ4v) is 4.69. The predicted molar refractivity (Wildman–Crippen MR) is 111 cm³/mol. The number of para-hydroxylation sites is 5. The molecule has 2 atom stereocenters. The highest BCUT2D eigenvalue weighted by Gasteiger charge is 2.49. The quantitative estimate of drug-likeness (QED) is 0.398. The van der Waals surface area contributed by atoms with Gasteiger partial charge in [-0.2, -0.15) is 0 Å². The average Bonchev–Trinajstić information content (AvgIpc) is 3.04. The van der Waals surface area contributed by atoms with Gasteiger partial charge >= 0.3 is 0 Å². The third-order valence-corrected chi connectivity index (χ3v) is 6.52. The molecule has 5 aromatic rings. The third-order valence-electron chi connectivity index (χ3n) is 6.52. The van der Waals surface area contributed by atoms with Crippen LogP contribution in [0.15, 0.2) is 72.8 Å². The molecule has 0 amide bonds. The summed E-state index contributed by atoms with van der Waals surface area (Å²) in [6.45, 7) is 4.74. The van der Waals surface area contributed by atoms with Crippen molar-refractivity contribution in [2.45, 2.75) is 25.7 Å². The Morgan fingerprint density at radius 3 is 2.26 bits per heavy atom. The summed E-state index contributed by atoms with van der Waals surface area (Å²) in [5, 5.41) is 0. The maximum Gasteiger partial charge on any atom is 0.220 e. The SMILES string of the molecule is CC1CC1(C)c1ccccc1-n1c2ccccc2n2c3ccccc3nc12. The summed E-state index contributed by atoms with van der Waals surface area (Å²) in [6, 6.07) is 25.9. The molecule has 0 radical (unpaired) electrons. The minimum Gasteiger partial charge on any atom is -0.278 e. The van der Waals surface area contributed by atoms with Gasteiger partial charge in [0.25, 0.3) is 0 Å². The van der Waals surface area contributed by atoms with E-state index in [0.29, 0.717) is 0 Å². The molecule has 1 aliphatic rings. The van der Waals surface area contributed by atoms with E-state index in [1.807, 2.05) is 0 Å². The molecule has 1 saturated carbocycles. The summed E-state index contributed by atoms with van der Waals surface area (Å²) < 4.78 is 4.64. The maximum absolute atomic E-state index is 5.02. The van der Waals surface area contributed by atoms with E-state index in [4.69, 9.17) is 4.98 Å². The summed E-state index contributed by atoms with van der Waals surface area (Å²) in [6.07, 6.45) is 1.25. The Kier molecular flexibility index (Phi) is 2.79. The van der Waals surface area contributed by atoms with Crippen molar-refractivity contribution in [2.75, 3.05) is 0 Å². The van der Waals surface area contributed by atoms with E-state index in [0.717, 1.165) is 22.7 Å². The Hall–Kier alpha value is -3.07. The van der Waals surface area contributed by atoms with Crippen LogP contribution in [0.4, 0.5) is 0 Å². The molecule has 132 valence electrons. The van der Waals surface area contributed by atoms with Crippen molar-refractivity contribution < 1.29 is 0 Å². The van der Waals surface area contributed by atoms with Crippen LogP contribution in [0.2, 0.25) is 0 Å². The fourth-order valence-electron chi connectivity index (χ4n) is 4.69. The molecule has 2 heterocycles. The number of nitrogens with zero attached hydrogens (tertiary/aromatic N) is 3. The summed E-state index contributed by atoms with van der Waals surface area (Å²) in [5.74, 6) is 1.71. The van der Waals surface area contributed by atoms with Gasteiger partial charge < -0.3 is 0 Å². The largest absolute Gasteiger partial charge is 0.278 e. The number of aromatic nitrogens is 3. The Labute approximate surface area is 157 Å². The monoisotopic (exact) mass is 351 g/mol. The van der Waals surface area contributed by atoms with Crippen molar-refractivity contribution in [3.8, 4) is 5.69 Å². The molecule has 0 bridgehead atoms. The summed E-state index contributed by atoms with van der Waals surface area (Å²) in [4.78, 5) is 5.02. The first-order valence-electron chi connectivity index (χ1n) is 9.65. The zero-order valence-corrected chi connectivity index (χ0v) is 15.6. The molecule has 0 aliphatic heterocycles. The Bertz CT molecular complexity index is 1340. The molecule has 27 heavy (non-hydrogen) atoms. The van der Waals surface area contributed by atoms with E-state index in [1.165, 1.54) is 28.7 Å². The molecule has 1 fully saturated rings. The number of imidazole rings is 2. The molecule has 0 saturated heterocycles. The van der Waals surface area contributed by atoms with E-state index in [2.05, 4.69) is 95.6 Å². The zero-order valence-electron chi connectivity index (χ0n) is 15.6. The van der Waals surface area contributed by atoms with Gasteiger partial charge in [-0.05, 0) is 53.6 Å². The number of benzene rings is 3. The highest BCUT2D eigenvalue weighted by atomic mass is 15.2. The average molecular weight is 351 g/mol. The van der Waals surface area contributed by atoms with E-state index in [1.54, 1.807) is 0 Å². The molecule has 2 unspecified atom stereocenters. The van der Waals surface area contributed by atoms with E-state index >= 15 is 0 Å². The van der Waals surface area contributed by atoms with Gasteiger partial charge in [-0.1, -0.05) is 56.3 Å². The fraction of sp³-hybridized carbons (Fsp3) is 0.208. The van der Waals surface area contributed by atoms with Crippen molar-refractivity contribution in [3.05, 3.63) is 78.4 Å². The minimum absolute atomic E-state index is 0.255. The van der Waals surface area contributed by atoms with Gasteiger partial charge in [0.1, 0.15) is 0 Å². The van der Waals surface area contributed by atoms with Gasteiger partial charge in [0.15, 0.2) is 0 Å². The van der Waals surface area contributed by atoms with Gasteiger partial charge in [0.05, 0.1) is 27.8 Å². The van der Waals surface area contributed by atoms with Crippen LogP contribution in [0, 0.1) is 5.92 Å². The van der Waals surface area contributed by atoms with Gasteiger partial charge in [-0.25, -0.2) is 4.98 Å². The zero-order chi connectivity index (χ0) is 18.2. The first-order valence-corrected chi connectivity index (χ1v) is 9.65. The molecule has 1 aliphatic carbocycles. The number of hydrogen-bond donors (Lipinski definition) is 0. The van der Waals surface area contributed by atoms with Crippen LogP contribution < -0.4 is 0 Å². The molecule has 2 aromatic heterocycles. The molecule has 3 aromatic carbocycles.